The quantitative estimate of drug-likeness (QED) is 0.308. The lowest BCUT2D eigenvalue weighted by atomic mass is 9.94. The van der Waals surface area contributed by atoms with E-state index < -0.39 is 0 Å². The Morgan fingerprint density at radius 3 is 2.17 bits per heavy atom. The first kappa shape index (κ1) is 25.6. The van der Waals surface area contributed by atoms with Crippen LogP contribution in [-0.4, -0.2) is 110 Å². The van der Waals surface area contributed by atoms with Gasteiger partial charge in [-0.25, -0.2) is 0 Å². The first-order valence-electron chi connectivity index (χ1n) is 11.9. The van der Waals surface area contributed by atoms with Gasteiger partial charge in [0.25, 0.3) is 0 Å². The minimum Gasteiger partial charge on any atom is -0.357 e. The number of likely N-dealkylation sites (tertiary alicyclic amines) is 2. The molecule has 3 heterocycles. The van der Waals surface area contributed by atoms with Gasteiger partial charge in [0.15, 0.2) is 5.96 Å². The molecule has 0 aromatic heterocycles. The van der Waals surface area contributed by atoms with Gasteiger partial charge < -0.3 is 20.0 Å². The van der Waals surface area contributed by atoms with E-state index in [1.165, 1.54) is 51.7 Å². The summed E-state index contributed by atoms with van der Waals surface area (Å²) in [5, 5.41) is 3.48. The number of guanidine groups is 1. The molecule has 3 saturated heterocycles. The maximum Gasteiger partial charge on any atom is 0.236 e. The lowest BCUT2D eigenvalue weighted by molar-refractivity contribution is -0.131. The summed E-state index contributed by atoms with van der Waals surface area (Å²) in [6, 6.07) is 0. The number of rotatable bonds is 7. The molecule has 1 amide bonds. The summed E-state index contributed by atoms with van der Waals surface area (Å²) in [7, 11) is 0. The summed E-state index contributed by atoms with van der Waals surface area (Å²) in [5.41, 5.74) is 0. The molecule has 0 aliphatic carbocycles. The van der Waals surface area contributed by atoms with E-state index in [9.17, 15) is 4.79 Å². The van der Waals surface area contributed by atoms with E-state index in [0.717, 1.165) is 64.2 Å². The summed E-state index contributed by atoms with van der Waals surface area (Å²) in [6.07, 6.45) is 6.18. The molecule has 7 nitrogen and oxygen atoms in total. The minimum absolute atomic E-state index is 0. The Morgan fingerprint density at radius 1 is 0.900 bits per heavy atom. The fourth-order valence-corrected chi connectivity index (χ4v) is 4.75. The monoisotopic (exact) mass is 534 g/mol. The molecule has 0 unspecified atom stereocenters. The highest BCUT2D eigenvalue weighted by atomic mass is 127. The standard InChI is InChI=1S/C22H42N6O.HI/c1-3-23-22(24-10-7-20-8-13-25(4-2)14-9-20)28-17-15-26(16-18-28)19-21(29)27-11-5-6-12-27;/h20H,3-19H2,1-2H3,(H,23,24);1H. The van der Waals surface area contributed by atoms with Gasteiger partial charge in [0.05, 0.1) is 6.54 Å². The van der Waals surface area contributed by atoms with E-state index in [0.29, 0.717) is 12.5 Å². The number of aliphatic imine (C=N–C) groups is 1. The predicted octanol–water partition coefficient (Wildman–Crippen LogP) is 1.93. The van der Waals surface area contributed by atoms with Crippen molar-refractivity contribution in [1.29, 1.82) is 0 Å². The van der Waals surface area contributed by atoms with Crippen molar-refractivity contribution >= 4 is 35.8 Å². The summed E-state index contributed by atoms with van der Waals surface area (Å²) >= 11 is 0. The first-order valence-corrected chi connectivity index (χ1v) is 11.9. The SMILES string of the molecule is CCNC(=NCCC1CCN(CC)CC1)N1CCN(CC(=O)N2CCCC2)CC1.I. The Kier molecular flexibility index (Phi) is 11.7. The number of piperazine rings is 1. The van der Waals surface area contributed by atoms with Crippen LogP contribution in [0, 0.1) is 5.92 Å². The molecular formula is C22H43IN6O. The number of halogens is 1. The molecule has 0 radical (unpaired) electrons. The normalized spacial score (nSPS) is 22.3. The number of hydrogen-bond acceptors (Lipinski definition) is 4. The zero-order valence-corrected chi connectivity index (χ0v) is 21.5. The largest absolute Gasteiger partial charge is 0.357 e. The van der Waals surface area contributed by atoms with Crippen molar-refractivity contribution in [1.82, 2.24) is 24.9 Å². The minimum atomic E-state index is 0. The van der Waals surface area contributed by atoms with E-state index in [4.69, 9.17) is 4.99 Å². The van der Waals surface area contributed by atoms with Crippen LogP contribution in [0.3, 0.4) is 0 Å². The van der Waals surface area contributed by atoms with Crippen LogP contribution in [0.25, 0.3) is 0 Å². The molecular weight excluding hydrogens is 491 g/mol. The predicted molar refractivity (Wildman–Crippen MR) is 135 cm³/mol. The Hall–Kier alpha value is -0.610. The molecule has 0 saturated carbocycles. The fourth-order valence-electron chi connectivity index (χ4n) is 4.75. The van der Waals surface area contributed by atoms with Crippen LogP contribution in [-0.2, 0) is 4.79 Å². The van der Waals surface area contributed by atoms with Crippen molar-refractivity contribution in [2.45, 2.75) is 46.0 Å². The van der Waals surface area contributed by atoms with Crippen LogP contribution in [0.2, 0.25) is 0 Å². The summed E-state index contributed by atoms with van der Waals surface area (Å²) in [6.45, 7) is 16.2. The third kappa shape index (κ3) is 7.82. The molecule has 30 heavy (non-hydrogen) atoms. The molecule has 3 aliphatic rings. The second-order valence-electron chi connectivity index (χ2n) is 8.75. The van der Waals surface area contributed by atoms with Crippen LogP contribution in [0.1, 0.15) is 46.0 Å². The molecule has 0 spiro atoms. The molecule has 8 heteroatoms. The number of carbonyl (C=O) groups excluding carboxylic acids is 1. The highest BCUT2D eigenvalue weighted by Gasteiger charge is 2.24. The van der Waals surface area contributed by atoms with Gasteiger partial charge in [-0.1, -0.05) is 6.92 Å². The lowest BCUT2D eigenvalue weighted by Gasteiger charge is -2.36. The Labute approximate surface area is 200 Å². The number of amides is 1. The van der Waals surface area contributed by atoms with Gasteiger partial charge in [0.2, 0.25) is 5.91 Å². The average molecular weight is 535 g/mol. The van der Waals surface area contributed by atoms with Crippen LogP contribution < -0.4 is 5.32 Å². The van der Waals surface area contributed by atoms with Gasteiger partial charge in [0.1, 0.15) is 0 Å². The second-order valence-corrected chi connectivity index (χ2v) is 8.75. The molecule has 0 atom stereocenters. The smallest absolute Gasteiger partial charge is 0.236 e. The van der Waals surface area contributed by atoms with Crippen LogP contribution >= 0.6 is 24.0 Å². The molecule has 0 aromatic rings. The van der Waals surface area contributed by atoms with Crippen molar-refractivity contribution in [3.05, 3.63) is 0 Å². The van der Waals surface area contributed by atoms with E-state index >= 15 is 0 Å². The van der Waals surface area contributed by atoms with Crippen molar-refractivity contribution < 1.29 is 4.79 Å². The molecule has 0 bridgehead atoms. The van der Waals surface area contributed by atoms with Crippen LogP contribution in [0.15, 0.2) is 4.99 Å². The molecule has 1 N–H and O–H groups in total. The van der Waals surface area contributed by atoms with Crippen molar-refractivity contribution in [3.8, 4) is 0 Å². The Bertz CT molecular complexity index is 524. The average Bonchev–Trinajstić information content (AvgIpc) is 3.29. The molecule has 3 aliphatic heterocycles. The number of nitrogens with one attached hydrogen (secondary N) is 1. The number of carbonyl (C=O) groups is 1. The molecule has 174 valence electrons. The Morgan fingerprint density at radius 2 is 1.57 bits per heavy atom. The third-order valence-electron chi connectivity index (χ3n) is 6.78. The van der Waals surface area contributed by atoms with E-state index in [1.807, 2.05) is 4.90 Å². The number of hydrogen-bond donors (Lipinski definition) is 1. The molecule has 0 aromatic carbocycles. The van der Waals surface area contributed by atoms with Crippen molar-refractivity contribution in [2.75, 3.05) is 78.5 Å². The van der Waals surface area contributed by atoms with E-state index in [-0.39, 0.29) is 24.0 Å². The van der Waals surface area contributed by atoms with Gasteiger partial charge in [-0.05, 0) is 64.6 Å². The summed E-state index contributed by atoms with van der Waals surface area (Å²) in [4.78, 5) is 26.6. The molecule has 3 fully saturated rings. The highest BCUT2D eigenvalue weighted by Crippen LogP contribution is 2.20. The fraction of sp³-hybridized carbons (Fsp3) is 0.909. The first-order chi connectivity index (χ1) is 14.2. The zero-order valence-electron chi connectivity index (χ0n) is 19.2. The number of nitrogens with zero attached hydrogens (tertiary/aromatic N) is 5. The van der Waals surface area contributed by atoms with Gasteiger partial charge >= 0.3 is 0 Å². The molecule has 3 rings (SSSR count). The summed E-state index contributed by atoms with van der Waals surface area (Å²) in [5.74, 6) is 2.20. The number of piperidine rings is 1. The van der Waals surface area contributed by atoms with Gasteiger partial charge in [-0.15, -0.1) is 24.0 Å². The van der Waals surface area contributed by atoms with Gasteiger partial charge in [-0.2, -0.15) is 0 Å². The maximum absolute atomic E-state index is 12.4. The van der Waals surface area contributed by atoms with Gasteiger partial charge in [0, 0.05) is 52.4 Å². The summed E-state index contributed by atoms with van der Waals surface area (Å²) < 4.78 is 0. The second kappa shape index (κ2) is 13.7. The highest BCUT2D eigenvalue weighted by molar-refractivity contribution is 14.0. The van der Waals surface area contributed by atoms with E-state index in [2.05, 4.69) is 33.9 Å². The zero-order chi connectivity index (χ0) is 20.5. The Balaban J connectivity index is 0.00000320. The van der Waals surface area contributed by atoms with Gasteiger partial charge in [-0.3, -0.25) is 14.7 Å². The van der Waals surface area contributed by atoms with Crippen LogP contribution in [0.5, 0.6) is 0 Å². The topological polar surface area (TPSA) is 54.4 Å². The third-order valence-corrected chi connectivity index (χ3v) is 6.78. The van der Waals surface area contributed by atoms with Crippen molar-refractivity contribution in [2.24, 2.45) is 10.9 Å². The lowest BCUT2D eigenvalue weighted by Crippen LogP contribution is -2.54. The van der Waals surface area contributed by atoms with E-state index in [1.54, 1.807) is 0 Å². The van der Waals surface area contributed by atoms with Crippen LogP contribution in [0.4, 0.5) is 0 Å². The maximum atomic E-state index is 12.4. The van der Waals surface area contributed by atoms with Crippen molar-refractivity contribution in [3.63, 3.8) is 0 Å².